The van der Waals surface area contributed by atoms with Gasteiger partial charge in [0, 0.05) is 6.42 Å². The molecule has 1 N–H and O–H groups in total. The zero-order chi connectivity index (χ0) is 10.9. The van der Waals surface area contributed by atoms with Gasteiger partial charge in [0.05, 0.1) is 6.07 Å². The molecule has 0 aromatic rings. The van der Waals surface area contributed by atoms with Gasteiger partial charge in [0.15, 0.2) is 0 Å². The van der Waals surface area contributed by atoms with Crippen molar-refractivity contribution in [2.75, 3.05) is 33.2 Å². The molecule has 0 radical (unpaired) electrons. The summed E-state index contributed by atoms with van der Waals surface area (Å²) in [6.45, 7) is 4.86. The molecule has 1 heterocycles. The molecule has 3 heteroatoms. The van der Waals surface area contributed by atoms with Crippen LogP contribution in [-0.2, 0) is 0 Å². The Morgan fingerprint density at radius 2 is 2.07 bits per heavy atom. The Morgan fingerprint density at radius 3 is 2.67 bits per heavy atom. The molecule has 0 aliphatic carbocycles. The van der Waals surface area contributed by atoms with Crippen LogP contribution in [0.2, 0.25) is 0 Å². The first-order valence-electron chi connectivity index (χ1n) is 6.10. The molecule has 0 aromatic heterocycles. The van der Waals surface area contributed by atoms with Gasteiger partial charge < -0.3 is 10.2 Å². The van der Waals surface area contributed by atoms with Crippen molar-refractivity contribution in [3.63, 3.8) is 0 Å². The molecule has 86 valence electrons. The minimum atomic E-state index is 0.718. The van der Waals surface area contributed by atoms with E-state index >= 15 is 0 Å². The van der Waals surface area contributed by atoms with E-state index in [-0.39, 0.29) is 0 Å². The number of hydrogen-bond acceptors (Lipinski definition) is 3. The molecular formula is C12H23N3. The Balaban J connectivity index is 2.02. The maximum Gasteiger partial charge on any atom is 0.0621 e. The summed E-state index contributed by atoms with van der Waals surface area (Å²) in [5.41, 5.74) is 0. The van der Waals surface area contributed by atoms with E-state index < -0.39 is 0 Å². The molecular weight excluding hydrogens is 186 g/mol. The molecule has 0 unspecified atom stereocenters. The minimum Gasteiger partial charge on any atom is -0.319 e. The average molecular weight is 209 g/mol. The molecule has 1 rings (SSSR count). The van der Waals surface area contributed by atoms with E-state index in [4.69, 9.17) is 5.26 Å². The van der Waals surface area contributed by atoms with Gasteiger partial charge in [-0.1, -0.05) is 0 Å². The molecule has 1 fully saturated rings. The lowest BCUT2D eigenvalue weighted by Crippen LogP contribution is -2.37. The highest BCUT2D eigenvalue weighted by molar-refractivity contribution is 4.74. The third-order valence-corrected chi connectivity index (χ3v) is 3.21. The smallest absolute Gasteiger partial charge is 0.0621 e. The van der Waals surface area contributed by atoms with Crippen LogP contribution in [0.4, 0.5) is 0 Å². The number of nitrogens with zero attached hydrogens (tertiary/aromatic N) is 2. The molecule has 1 saturated heterocycles. The van der Waals surface area contributed by atoms with Gasteiger partial charge in [-0.05, 0) is 64.8 Å². The van der Waals surface area contributed by atoms with Gasteiger partial charge in [-0.15, -0.1) is 0 Å². The van der Waals surface area contributed by atoms with Gasteiger partial charge in [-0.25, -0.2) is 0 Å². The average Bonchev–Trinajstić information content (AvgIpc) is 2.27. The first-order valence-corrected chi connectivity index (χ1v) is 6.10. The molecule has 0 aromatic carbocycles. The largest absolute Gasteiger partial charge is 0.319 e. The number of rotatable bonds is 6. The molecule has 3 nitrogen and oxygen atoms in total. The molecule has 0 bridgehead atoms. The van der Waals surface area contributed by atoms with Gasteiger partial charge in [0.1, 0.15) is 0 Å². The molecule has 1 aliphatic heterocycles. The van der Waals surface area contributed by atoms with Crippen molar-refractivity contribution in [1.29, 1.82) is 5.26 Å². The lowest BCUT2D eigenvalue weighted by molar-refractivity contribution is 0.181. The van der Waals surface area contributed by atoms with Crippen LogP contribution in [0.5, 0.6) is 0 Å². The fraction of sp³-hybridized carbons (Fsp3) is 0.917. The van der Waals surface area contributed by atoms with Crippen LogP contribution in [0.25, 0.3) is 0 Å². The van der Waals surface area contributed by atoms with Crippen LogP contribution in [0.15, 0.2) is 0 Å². The molecule has 15 heavy (non-hydrogen) atoms. The Bertz CT molecular complexity index is 190. The minimum absolute atomic E-state index is 0.718. The lowest BCUT2D eigenvalue weighted by Gasteiger charge is -2.31. The molecule has 0 amide bonds. The first-order chi connectivity index (χ1) is 7.36. The second-order valence-electron chi connectivity index (χ2n) is 4.46. The number of hydrogen-bond donors (Lipinski definition) is 1. The van der Waals surface area contributed by atoms with Gasteiger partial charge in [-0.3, -0.25) is 0 Å². The lowest BCUT2D eigenvalue weighted by atomic mass is 9.97. The number of likely N-dealkylation sites (tertiary alicyclic amines) is 1. The second kappa shape index (κ2) is 7.67. The fourth-order valence-corrected chi connectivity index (χ4v) is 2.24. The normalized spacial score (nSPS) is 18.9. The van der Waals surface area contributed by atoms with Crippen molar-refractivity contribution in [1.82, 2.24) is 10.2 Å². The molecule has 0 saturated carbocycles. The molecule has 0 atom stereocenters. The van der Waals surface area contributed by atoms with E-state index in [1.165, 1.54) is 45.4 Å². The topological polar surface area (TPSA) is 39.1 Å². The summed E-state index contributed by atoms with van der Waals surface area (Å²) < 4.78 is 0. The molecule has 0 spiro atoms. The second-order valence-corrected chi connectivity index (χ2v) is 4.46. The number of piperidine rings is 1. The zero-order valence-electron chi connectivity index (χ0n) is 9.84. The van der Waals surface area contributed by atoms with Crippen molar-refractivity contribution in [2.45, 2.75) is 32.1 Å². The van der Waals surface area contributed by atoms with Crippen LogP contribution in [0.3, 0.4) is 0 Å². The Morgan fingerprint density at radius 1 is 1.33 bits per heavy atom. The van der Waals surface area contributed by atoms with Crippen LogP contribution < -0.4 is 5.32 Å². The van der Waals surface area contributed by atoms with Crippen LogP contribution in [0, 0.1) is 17.2 Å². The summed E-state index contributed by atoms with van der Waals surface area (Å²) in [5, 5.41) is 11.7. The Hall–Kier alpha value is -0.590. The van der Waals surface area contributed by atoms with E-state index in [2.05, 4.69) is 16.3 Å². The predicted molar refractivity (Wildman–Crippen MR) is 62.6 cm³/mol. The van der Waals surface area contributed by atoms with Gasteiger partial charge >= 0.3 is 0 Å². The number of unbranched alkanes of at least 4 members (excludes halogenated alkanes) is 2. The highest BCUT2D eigenvalue weighted by Crippen LogP contribution is 2.16. The van der Waals surface area contributed by atoms with E-state index in [9.17, 15) is 0 Å². The first kappa shape index (κ1) is 12.5. The monoisotopic (exact) mass is 209 g/mol. The van der Waals surface area contributed by atoms with Gasteiger partial charge in [0.25, 0.3) is 0 Å². The van der Waals surface area contributed by atoms with Gasteiger partial charge in [0.2, 0.25) is 0 Å². The third kappa shape index (κ3) is 5.15. The maximum atomic E-state index is 8.43. The van der Waals surface area contributed by atoms with E-state index in [0.29, 0.717) is 0 Å². The number of nitrogens with one attached hydrogen (secondary N) is 1. The fourth-order valence-electron chi connectivity index (χ4n) is 2.24. The summed E-state index contributed by atoms with van der Waals surface area (Å²) in [6, 6.07) is 2.20. The van der Waals surface area contributed by atoms with Crippen molar-refractivity contribution < 1.29 is 0 Å². The summed E-state index contributed by atoms with van der Waals surface area (Å²) >= 11 is 0. The van der Waals surface area contributed by atoms with Crippen molar-refractivity contribution >= 4 is 0 Å². The van der Waals surface area contributed by atoms with Gasteiger partial charge in [-0.2, -0.15) is 5.26 Å². The van der Waals surface area contributed by atoms with Crippen molar-refractivity contribution in [3.8, 4) is 6.07 Å². The van der Waals surface area contributed by atoms with Crippen LogP contribution >= 0.6 is 0 Å². The summed E-state index contributed by atoms with van der Waals surface area (Å²) in [4.78, 5) is 2.55. The third-order valence-electron chi connectivity index (χ3n) is 3.21. The highest BCUT2D eigenvalue weighted by atomic mass is 15.1. The van der Waals surface area contributed by atoms with Crippen molar-refractivity contribution in [2.24, 2.45) is 5.92 Å². The quantitative estimate of drug-likeness (QED) is 0.676. The SMILES string of the molecule is CNCC1CCN(CCCCC#N)CC1. The van der Waals surface area contributed by atoms with Crippen LogP contribution in [0.1, 0.15) is 32.1 Å². The summed E-state index contributed by atoms with van der Waals surface area (Å²) in [7, 11) is 2.04. The highest BCUT2D eigenvalue weighted by Gasteiger charge is 2.17. The van der Waals surface area contributed by atoms with E-state index in [1.807, 2.05) is 7.05 Å². The van der Waals surface area contributed by atoms with E-state index in [0.717, 1.165) is 18.8 Å². The van der Waals surface area contributed by atoms with E-state index in [1.54, 1.807) is 0 Å². The van der Waals surface area contributed by atoms with Crippen LogP contribution in [-0.4, -0.2) is 38.1 Å². The summed E-state index contributed by atoms with van der Waals surface area (Å²) in [5.74, 6) is 0.880. The Labute approximate surface area is 93.5 Å². The molecule has 1 aliphatic rings. The standard InChI is InChI=1S/C12H23N3/c1-14-11-12-5-9-15(10-6-12)8-4-2-3-7-13/h12,14H,2-6,8-11H2,1H3. The Kier molecular flexibility index (Phi) is 6.38. The summed E-state index contributed by atoms with van der Waals surface area (Å²) in [6.07, 6.45) is 5.63. The predicted octanol–water partition coefficient (Wildman–Crippen LogP) is 1.61. The van der Waals surface area contributed by atoms with Crippen molar-refractivity contribution in [3.05, 3.63) is 0 Å². The zero-order valence-corrected chi connectivity index (χ0v) is 9.84. The number of nitriles is 1. The maximum absolute atomic E-state index is 8.43.